The summed E-state index contributed by atoms with van der Waals surface area (Å²) in [5, 5.41) is 0.466. The number of thioether (sulfide) groups is 1. The Morgan fingerprint density at radius 3 is 2.75 bits per heavy atom. The fourth-order valence-corrected chi connectivity index (χ4v) is 5.84. The van der Waals surface area contributed by atoms with Crippen LogP contribution in [0.2, 0.25) is 0 Å². The molecule has 0 aliphatic heterocycles. The molecule has 1 heterocycles. The number of hydrogen-bond donors (Lipinski definition) is 2. The molecule has 28 heavy (non-hydrogen) atoms. The average Bonchev–Trinajstić information content (AvgIpc) is 2.72. The molecule has 4 rings (SSSR count). The molecule has 1 unspecified atom stereocenters. The molecule has 3 N–H and O–H groups in total. The van der Waals surface area contributed by atoms with E-state index < -0.39 is 5.91 Å². The molecule has 0 spiro atoms. The highest BCUT2D eigenvalue weighted by Crippen LogP contribution is 2.50. The van der Waals surface area contributed by atoms with Crippen molar-refractivity contribution in [3.63, 3.8) is 0 Å². The zero-order chi connectivity index (χ0) is 19.7. The van der Waals surface area contributed by atoms with E-state index in [1.165, 1.54) is 49.4 Å². The monoisotopic (exact) mass is 397 g/mol. The number of hydrogen-bond acceptors (Lipinski definition) is 4. The molecule has 2 aliphatic rings. The SMILES string of the molecule is CCC1(C2CCCCC2)Cc2ccccc2-c2nc(SCC(N)=O)[nH]c(=O)c21. The summed E-state index contributed by atoms with van der Waals surface area (Å²) in [6, 6.07) is 8.30. The quantitative estimate of drug-likeness (QED) is 0.593. The minimum absolute atomic E-state index is 0.0566. The molecule has 0 bridgehead atoms. The van der Waals surface area contributed by atoms with Gasteiger partial charge in [0.1, 0.15) is 0 Å². The average molecular weight is 398 g/mol. The van der Waals surface area contributed by atoms with Gasteiger partial charge in [0.25, 0.3) is 5.56 Å². The van der Waals surface area contributed by atoms with Gasteiger partial charge < -0.3 is 10.7 Å². The van der Waals surface area contributed by atoms with Crippen LogP contribution in [0, 0.1) is 5.92 Å². The predicted molar refractivity (Wildman–Crippen MR) is 112 cm³/mol. The third-order valence-corrected chi connectivity index (χ3v) is 7.44. The van der Waals surface area contributed by atoms with Crippen molar-refractivity contribution in [2.75, 3.05) is 5.75 Å². The second kappa shape index (κ2) is 7.74. The summed E-state index contributed by atoms with van der Waals surface area (Å²) in [6.45, 7) is 2.21. The lowest BCUT2D eigenvalue weighted by Gasteiger charge is -2.45. The van der Waals surface area contributed by atoms with Crippen molar-refractivity contribution in [1.29, 1.82) is 0 Å². The molecule has 1 aromatic carbocycles. The van der Waals surface area contributed by atoms with Gasteiger partial charge in [0.15, 0.2) is 5.16 Å². The van der Waals surface area contributed by atoms with Gasteiger partial charge in [-0.2, -0.15) is 0 Å². The molecule has 0 radical (unpaired) electrons. The Bertz CT molecular complexity index is 949. The summed E-state index contributed by atoms with van der Waals surface area (Å²) in [7, 11) is 0. The number of primary amides is 1. The number of aromatic nitrogens is 2. The van der Waals surface area contributed by atoms with Gasteiger partial charge in [-0.3, -0.25) is 9.59 Å². The minimum atomic E-state index is -0.420. The van der Waals surface area contributed by atoms with Crippen molar-refractivity contribution < 1.29 is 4.79 Å². The molecular weight excluding hydrogens is 370 g/mol. The largest absolute Gasteiger partial charge is 0.369 e. The van der Waals surface area contributed by atoms with Crippen LogP contribution in [0.5, 0.6) is 0 Å². The Morgan fingerprint density at radius 2 is 2.04 bits per heavy atom. The number of benzene rings is 1. The van der Waals surface area contributed by atoms with Gasteiger partial charge in [0.05, 0.1) is 17.0 Å². The second-order valence-corrected chi connectivity index (χ2v) is 8.99. The fourth-order valence-electron chi connectivity index (χ4n) is 5.25. The number of H-pyrrole nitrogens is 1. The molecule has 148 valence electrons. The van der Waals surface area contributed by atoms with Gasteiger partial charge in [-0.25, -0.2) is 4.98 Å². The summed E-state index contributed by atoms with van der Waals surface area (Å²) in [5.74, 6) is 0.187. The van der Waals surface area contributed by atoms with Gasteiger partial charge >= 0.3 is 0 Å². The number of rotatable bonds is 5. The summed E-state index contributed by atoms with van der Waals surface area (Å²) < 4.78 is 0. The van der Waals surface area contributed by atoms with Gasteiger partial charge in [-0.15, -0.1) is 0 Å². The molecule has 1 fully saturated rings. The Labute approximate surface area is 169 Å². The maximum atomic E-state index is 13.3. The molecule has 0 saturated heterocycles. The first-order chi connectivity index (χ1) is 13.5. The summed E-state index contributed by atoms with van der Waals surface area (Å²) >= 11 is 1.19. The standard InChI is InChI=1S/C22H27N3O2S/c1-2-22(15-9-4-3-5-10-15)12-14-8-6-7-11-16(14)19-18(22)20(27)25-21(24-19)28-13-17(23)26/h6-8,11,15H,2-5,9-10,12-13H2,1H3,(H2,23,26)(H,24,25,27). The van der Waals surface area contributed by atoms with E-state index >= 15 is 0 Å². The maximum Gasteiger partial charge on any atom is 0.255 e. The highest BCUT2D eigenvalue weighted by Gasteiger charge is 2.46. The van der Waals surface area contributed by atoms with Crippen molar-refractivity contribution in [3.8, 4) is 11.3 Å². The number of carbonyl (C=O) groups excluding carboxylic acids is 1. The van der Waals surface area contributed by atoms with Crippen LogP contribution in [0.3, 0.4) is 0 Å². The van der Waals surface area contributed by atoms with Crippen LogP contribution in [0.15, 0.2) is 34.2 Å². The molecule has 2 aromatic rings. The van der Waals surface area contributed by atoms with Crippen LogP contribution < -0.4 is 11.3 Å². The number of carbonyl (C=O) groups is 1. The predicted octanol–water partition coefficient (Wildman–Crippen LogP) is 3.80. The van der Waals surface area contributed by atoms with Crippen molar-refractivity contribution in [2.45, 2.75) is 62.4 Å². The highest BCUT2D eigenvalue weighted by molar-refractivity contribution is 7.99. The molecule has 1 atom stereocenters. The zero-order valence-corrected chi connectivity index (χ0v) is 17.1. The number of aromatic amines is 1. The number of nitrogens with two attached hydrogens (primary N) is 1. The molecule has 6 heteroatoms. The van der Waals surface area contributed by atoms with E-state index in [1.807, 2.05) is 6.07 Å². The fraction of sp³-hybridized carbons (Fsp3) is 0.500. The van der Waals surface area contributed by atoms with Gasteiger partial charge in [0, 0.05) is 11.0 Å². The van der Waals surface area contributed by atoms with Gasteiger partial charge in [-0.1, -0.05) is 62.2 Å². The first-order valence-corrected chi connectivity index (χ1v) is 11.2. The summed E-state index contributed by atoms with van der Waals surface area (Å²) in [5.41, 5.74) is 9.01. The number of amides is 1. The zero-order valence-electron chi connectivity index (χ0n) is 16.3. The Morgan fingerprint density at radius 1 is 1.29 bits per heavy atom. The molecule has 1 aromatic heterocycles. The van der Waals surface area contributed by atoms with Crippen molar-refractivity contribution in [2.24, 2.45) is 11.7 Å². The van der Waals surface area contributed by atoms with Crippen molar-refractivity contribution in [1.82, 2.24) is 9.97 Å². The Hall–Kier alpha value is -2.08. The number of nitrogens with one attached hydrogen (secondary N) is 1. The van der Waals surface area contributed by atoms with E-state index in [1.54, 1.807) is 0 Å². The van der Waals surface area contributed by atoms with Crippen molar-refractivity contribution in [3.05, 3.63) is 45.7 Å². The summed E-state index contributed by atoms with van der Waals surface area (Å²) in [6.07, 6.45) is 7.94. The van der Waals surface area contributed by atoms with E-state index in [-0.39, 0.29) is 16.7 Å². The van der Waals surface area contributed by atoms with E-state index in [2.05, 4.69) is 30.1 Å². The first-order valence-electron chi connectivity index (χ1n) is 10.2. The Kier molecular flexibility index (Phi) is 5.32. The smallest absolute Gasteiger partial charge is 0.255 e. The number of nitrogens with zero attached hydrogens (tertiary/aromatic N) is 1. The molecule has 5 nitrogen and oxygen atoms in total. The Balaban J connectivity index is 1.90. The minimum Gasteiger partial charge on any atom is -0.369 e. The van der Waals surface area contributed by atoms with E-state index in [0.717, 1.165) is 29.7 Å². The van der Waals surface area contributed by atoms with Crippen LogP contribution >= 0.6 is 11.8 Å². The number of fused-ring (bicyclic) bond motifs is 3. The lowest BCUT2D eigenvalue weighted by atomic mass is 9.58. The van der Waals surface area contributed by atoms with E-state index in [0.29, 0.717) is 11.1 Å². The highest BCUT2D eigenvalue weighted by atomic mass is 32.2. The van der Waals surface area contributed by atoms with Gasteiger partial charge in [0.2, 0.25) is 5.91 Å². The lowest BCUT2D eigenvalue weighted by molar-refractivity contribution is -0.115. The third kappa shape index (κ3) is 3.28. The maximum absolute atomic E-state index is 13.3. The first kappa shape index (κ1) is 19.2. The van der Waals surface area contributed by atoms with Crippen LogP contribution in [-0.4, -0.2) is 21.6 Å². The molecule has 1 amide bonds. The van der Waals surface area contributed by atoms with Crippen LogP contribution in [0.4, 0.5) is 0 Å². The lowest BCUT2D eigenvalue weighted by Crippen LogP contribution is -2.45. The van der Waals surface area contributed by atoms with E-state index in [4.69, 9.17) is 10.7 Å². The summed E-state index contributed by atoms with van der Waals surface area (Å²) in [4.78, 5) is 32.3. The third-order valence-electron chi connectivity index (χ3n) is 6.54. The van der Waals surface area contributed by atoms with Crippen molar-refractivity contribution >= 4 is 17.7 Å². The molecule has 2 aliphatic carbocycles. The van der Waals surface area contributed by atoms with Crippen LogP contribution in [-0.2, 0) is 16.6 Å². The normalized spacial score (nSPS) is 21.8. The molecular formula is C22H27N3O2S. The van der Waals surface area contributed by atoms with Crippen LogP contribution in [0.25, 0.3) is 11.3 Å². The topological polar surface area (TPSA) is 88.8 Å². The van der Waals surface area contributed by atoms with Crippen LogP contribution in [0.1, 0.15) is 56.6 Å². The second-order valence-electron chi connectivity index (χ2n) is 8.03. The van der Waals surface area contributed by atoms with E-state index in [9.17, 15) is 9.59 Å². The van der Waals surface area contributed by atoms with Gasteiger partial charge in [-0.05, 0) is 37.2 Å². The molecule has 1 saturated carbocycles.